The topological polar surface area (TPSA) is 61.4 Å². The normalized spacial score (nSPS) is 15.5. The van der Waals surface area contributed by atoms with Gasteiger partial charge in [-0.15, -0.1) is 0 Å². The summed E-state index contributed by atoms with van der Waals surface area (Å²) >= 11 is 0. The van der Waals surface area contributed by atoms with E-state index >= 15 is 0 Å². The number of nitrogens with zero attached hydrogens (tertiary/aromatic N) is 4. The Morgan fingerprint density at radius 3 is 2.35 bits per heavy atom. The zero-order valence-electron chi connectivity index (χ0n) is 13.5. The molecule has 1 aliphatic heterocycles. The van der Waals surface area contributed by atoms with Gasteiger partial charge >= 0.3 is 0 Å². The monoisotopic (exact) mass is 311 g/mol. The molecule has 2 aromatic rings. The molecule has 0 radical (unpaired) electrons. The average molecular weight is 311 g/mol. The standard InChI is InChI=1S/C17H21N5O/c1-13-11-19-16(12-18-13)17(23)20-14-3-5-15(6-4-14)22-9-7-21(2)8-10-22/h3-6,11-12H,7-10H2,1-2H3,(H,20,23). The van der Waals surface area contributed by atoms with Gasteiger partial charge in [-0.25, -0.2) is 4.98 Å². The highest BCUT2D eigenvalue weighted by Crippen LogP contribution is 2.19. The summed E-state index contributed by atoms with van der Waals surface area (Å²) in [7, 11) is 2.14. The van der Waals surface area contributed by atoms with E-state index in [-0.39, 0.29) is 5.91 Å². The van der Waals surface area contributed by atoms with Crippen LogP contribution >= 0.6 is 0 Å². The van der Waals surface area contributed by atoms with E-state index in [0.717, 1.165) is 37.6 Å². The van der Waals surface area contributed by atoms with Crippen LogP contribution in [0.4, 0.5) is 11.4 Å². The van der Waals surface area contributed by atoms with Crippen molar-refractivity contribution in [3.63, 3.8) is 0 Å². The first kappa shape index (κ1) is 15.4. The molecule has 6 nitrogen and oxygen atoms in total. The number of nitrogens with one attached hydrogen (secondary N) is 1. The predicted octanol–water partition coefficient (Wildman–Crippen LogP) is 1.79. The van der Waals surface area contributed by atoms with Crippen LogP contribution in [0.5, 0.6) is 0 Å². The lowest BCUT2D eigenvalue weighted by Gasteiger charge is -2.34. The third kappa shape index (κ3) is 3.84. The molecule has 3 rings (SSSR count). The van der Waals surface area contributed by atoms with Crippen LogP contribution < -0.4 is 10.2 Å². The minimum Gasteiger partial charge on any atom is -0.369 e. The van der Waals surface area contributed by atoms with Crippen LogP contribution in [-0.4, -0.2) is 54.0 Å². The van der Waals surface area contributed by atoms with Crippen LogP contribution in [0.3, 0.4) is 0 Å². The van der Waals surface area contributed by atoms with Crippen LogP contribution in [0.2, 0.25) is 0 Å². The molecule has 0 bridgehead atoms. The summed E-state index contributed by atoms with van der Waals surface area (Å²) in [6.07, 6.45) is 3.08. The second-order valence-corrected chi connectivity index (χ2v) is 5.83. The lowest BCUT2D eigenvalue weighted by Crippen LogP contribution is -2.44. The number of carbonyl (C=O) groups is 1. The molecule has 0 spiro atoms. The van der Waals surface area contributed by atoms with Gasteiger partial charge in [0.25, 0.3) is 5.91 Å². The van der Waals surface area contributed by atoms with Gasteiger partial charge in [0.2, 0.25) is 0 Å². The molecule has 1 fully saturated rings. The molecule has 0 saturated carbocycles. The van der Waals surface area contributed by atoms with Gasteiger partial charge in [-0.2, -0.15) is 0 Å². The Morgan fingerprint density at radius 1 is 1.04 bits per heavy atom. The van der Waals surface area contributed by atoms with Crippen LogP contribution in [0.1, 0.15) is 16.2 Å². The van der Waals surface area contributed by atoms with Crippen LogP contribution in [0.25, 0.3) is 0 Å². The van der Waals surface area contributed by atoms with Gasteiger partial charge in [0, 0.05) is 43.8 Å². The Hall–Kier alpha value is -2.47. The Kier molecular flexibility index (Phi) is 4.52. The lowest BCUT2D eigenvalue weighted by atomic mass is 10.2. The molecule has 1 N–H and O–H groups in total. The van der Waals surface area contributed by atoms with E-state index in [4.69, 9.17) is 0 Å². The zero-order chi connectivity index (χ0) is 16.2. The maximum absolute atomic E-state index is 12.1. The van der Waals surface area contributed by atoms with E-state index in [0.29, 0.717) is 5.69 Å². The first-order chi connectivity index (χ1) is 11.1. The largest absolute Gasteiger partial charge is 0.369 e. The fourth-order valence-electron chi connectivity index (χ4n) is 2.53. The molecular weight excluding hydrogens is 290 g/mol. The molecule has 1 aromatic heterocycles. The molecular formula is C17H21N5O. The van der Waals surface area contributed by atoms with Crippen molar-refractivity contribution >= 4 is 17.3 Å². The summed E-state index contributed by atoms with van der Waals surface area (Å²) < 4.78 is 0. The van der Waals surface area contributed by atoms with Gasteiger partial charge in [0.1, 0.15) is 5.69 Å². The molecule has 1 amide bonds. The fraction of sp³-hybridized carbons (Fsp3) is 0.353. The second-order valence-electron chi connectivity index (χ2n) is 5.83. The smallest absolute Gasteiger partial charge is 0.275 e. The van der Waals surface area contributed by atoms with Gasteiger partial charge in [-0.1, -0.05) is 0 Å². The molecule has 23 heavy (non-hydrogen) atoms. The first-order valence-electron chi connectivity index (χ1n) is 7.75. The quantitative estimate of drug-likeness (QED) is 0.936. The molecule has 1 saturated heterocycles. The van der Waals surface area contributed by atoms with Gasteiger partial charge in [0.05, 0.1) is 11.9 Å². The minimum absolute atomic E-state index is 0.246. The van der Waals surface area contributed by atoms with Gasteiger partial charge in [-0.05, 0) is 38.2 Å². The van der Waals surface area contributed by atoms with Crippen molar-refractivity contribution in [1.82, 2.24) is 14.9 Å². The summed E-state index contributed by atoms with van der Waals surface area (Å²) in [6, 6.07) is 7.93. The minimum atomic E-state index is -0.246. The molecule has 0 atom stereocenters. The first-order valence-corrected chi connectivity index (χ1v) is 7.75. The summed E-state index contributed by atoms with van der Waals surface area (Å²) in [5.41, 5.74) is 3.05. The maximum Gasteiger partial charge on any atom is 0.275 e. The van der Waals surface area contributed by atoms with E-state index in [1.54, 1.807) is 6.20 Å². The number of piperazine rings is 1. The molecule has 1 aliphatic rings. The summed E-state index contributed by atoms with van der Waals surface area (Å²) in [4.78, 5) is 25.0. The highest BCUT2D eigenvalue weighted by atomic mass is 16.1. The Bertz CT molecular complexity index is 660. The number of aromatic nitrogens is 2. The van der Waals surface area contributed by atoms with Crippen molar-refractivity contribution in [2.75, 3.05) is 43.4 Å². The fourth-order valence-corrected chi connectivity index (χ4v) is 2.53. The van der Waals surface area contributed by atoms with Crippen LogP contribution in [0.15, 0.2) is 36.7 Å². The Morgan fingerprint density at radius 2 is 1.74 bits per heavy atom. The molecule has 1 aromatic carbocycles. The summed E-state index contributed by atoms with van der Waals surface area (Å²) in [6.45, 7) is 6.04. The Balaban J connectivity index is 1.63. The molecule has 6 heteroatoms. The van der Waals surface area contributed by atoms with Crippen molar-refractivity contribution in [3.05, 3.63) is 48.0 Å². The number of anilines is 2. The van der Waals surface area contributed by atoms with E-state index in [2.05, 4.69) is 32.1 Å². The number of hydrogen-bond acceptors (Lipinski definition) is 5. The summed E-state index contributed by atoms with van der Waals surface area (Å²) in [5.74, 6) is -0.246. The Labute approximate surface area is 136 Å². The van der Waals surface area contributed by atoms with Crippen molar-refractivity contribution in [1.29, 1.82) is 0 Å². The average Bonchev–Trinajstić information content (AvgIpc) is 2.57. The zero-order valence-corrected chi connectivity index (χ0v) is 13.5. The molecule has 0 aliphatic carbocycles. The maximum atomic E-state index is 12.1. The lowest BCUT2D eigenvalue weighted by molar-refractivity contribution is 0.102. The number of likely N-dealkylation sites (N-methyl/N-ethyl adjacent to an activating group) is 1. The van der Waals surface area contributed by atoms with Crippen LogP contribution in [0, 0.1) is 6.92 Å². The van der Waals surface area contributed by atoms with Gasteiger partial charge in [-0.3, -0.25) is 9.78 Å². The number of rotatable bonds is 3. The van der Waals surface area contributed by atoms with Crippen molar-refractivity contribution < 1.29 is 4.79 Å². The van der Waals surface area contributed by atoms with E-state index in [1.165, 1.54) is 11.9 Å². The van der Waals surface area contributed by atoms with Crippen LogP contribution in [-0.2, 0) is 0 Å². The van der Waals surface area contributed by atoms with Crippen molar-refractivity contribution in [3.8, 4) is 0 Å². The number of hydrogen-bond donors (Lipinski definition) is 1. The molecule has 120 valence electrons. The third-order valence-electron chi connectivity index (χ3n) is 4.01. The second kappa shape index (κ2) is 6.75. The van der Waals surface area contributed by atoms with Gasteiger partial charge < -0.3 is 15.1 Å². The van der Waals surface area contributed by atoms with Crippen molar-refractivity contribution in [2.45, 2.75) is 6.92 Å². The summed E-state index contributed by atoms with van der Waals surface area (Å²) in [5, 5.41) is 2.85. The molecule has 0 unspecified atom stereocenters. The van der Waals surface area contributed by atoms with E-state index in [9.17, 15) is 4.79 Å². The third-order valence-corrected chi connectivity index (χ3v) is 4.01. The molecule has 2 heterocycles. The van der Waals surface area contributed by atoms with Gasteiger partial charge in [0.15, 0.2) is 0 Å². The SMILES string of the molecule is Cc1cnc(C(=O)Nc2ccc(N3CCN(C)CC3)cc2)cn1. The number of benzene rings is 1. The number of carbonyl (C=O) groups excluding carboxylic acids is 1. The number of aryl methyl sites for hydroxylation is 1. The highest BCUT2D eigenvalue weighted by Gasteiger charge is 2.14. The highest BCUT2D eigenvalue weighted by molar-refractivity contribution is 6.02. The predicted molar refractivity (Wildman–Crippen MR) is 90.9 cm³/mol. The van der Waals surface area contributed by atoms with E-state index < -0.39 is 0 Å². The van der Waals surface area contributed by atoms with E-state index in [1.807, 2.05) is 31.2 Å². The number of amides is 1. The van der Waals surface area contributed by atoms with Crippen molar-refractivity contribution in [2.24, 2.45) is 0 Å².